The monoisotopic (exact) mass is 233 g/mol. The molecule has 4 heteroatoms. The van der Waals surface area contributed by atoms with Crippen LogP contribution in [0.5, 0.6) is 5.75 Å². The van der Waals surface area contributed by atoms with E-state index in [-0.39, 0.29) is 5.41 Å². The van der Waals surface area contributed by atoms with Crippen molar-refractivity contribution >= 4 is 0 Å². The molecule has 1 rings (SSSR count). The molecule has 0 aromatic heterocycles. The van der Waals surface area contributed by atoms with Crippen LogP contribution >= 0.6 is 0 Å². The SMILES string of the molecule is CC(C)(C)c1cccc(OCCCN=[N+]=[N-])c1. The number of rotatable bonds is 5. The molecule has 0 unspecified atom stereocenters. The van der Waals surface area contributed by atoms with Crippen LogP contribution in [0.4, 0.5) is 0 Å². The van der Waals surface area contributed by atoms with Crippen LogP contribution in [-0.2, 0) is 5.41 Å². The van der Waals surface area contributed by atoms with Crippen molar-refractivity contribution < 1.29 is 4.74 Å². The minimum Gasteiger partial charge on any atom is -0.494 e. The van der Waals surface area contributed by atoms with Gasteiger partial charge in [-0.3, -0.25) is 0 Å². The Morgan fingerprint density at radius 3 is 2.76 bits per heavy atom. The molecule has 1 aromatic rings. The molecule has 0 saturated heterocycles. The van der Waals surface area contributed by atoms with E-state index < -0.39 is 0 Å². The van der Waals surface area contributed by atoms with Crippen molar-refractivity contribution in [1.29, 1.82) is 0 Å². The van der Waals surface area contributed by atoms with Crippen molar-refractivity contribution in [2.45, 2.75) is 32.6 Å². The first kappa shape index (κ1) is 13.4. The summed E-state index contributed by atoms with van der Waals surface area (Å²) in [5.74, 6) is 0.873. The first-order valence-electron chi connectivity index (χ1n) is 5.78. The average Bonchev–Trinajstić information content (AvgIpc) is 2.28. The summed E-state index contributed by atoms with van der Waals surface area (Å²) in [7, 11) is 0. The summed E-state index contributed by atoms with van der Waals surface area (Å²) >= 11 is 0. The molecule has 0 saturated carbocycles. The Labute approximate surface area is 102 Å². The van der Waals surface area contributed by atoms with Gasteiger partial charge in [-0.2, -0.15) is 0 Å². The van der Waals surface area contributed by atoms with Crippen molar-refractivity contribution in [2.75, 3.05) is 13.2 Å². The van der Waals surface area contributed by atoms with Gasteiger partial charge < -0.3 is 4.74 Å². The first-order chi connectivity index (χ1) is 8.04. The summed E-state index contributed by atoms with van der Waals surface area (Å²) in [5.41, 5.74) is 9.51. The molecule has 0 spiro atoms. The maximum absolute atomic E-state index is 8.13. The average molecular weight is 233 g/mol. The van der Waals surface area contributed by atoms with Gasteiger partial charge >= 0.3 is 0 Å². The van der Waals surface area contributed by atoms with Gasteiger partial charge in [0.25, 0.3) is 0 Å². The molecule has 1 aromatic carbocycles. The predicted molar refractivity (Wildman–Crippen MR) is 69.3 cm³/mol. The molecule has 4 nitrogen and oxygen atoms in total. The highest BCUT2D eigenvalue weighted by atomic mass is 16.5. The summed E-state index contributed by atoms with van der Waals surface area (Å²) in [6, 6.07) is 8.12. The largest absolute Gasteiger partial charge is 0.494 e. The third kappa shape index (κ3) is 4.79. The van der Waals surface area contributed by atoms with Gasteiger partial charge in [-0.1, -0.05) is 38.0 Å². The lowest BCUT2D eigenvalue weighted by atomic mass is 9.87. The summed E-state index contributed by atoms with van der Waals surface area (Å²) in [4.78, 5) is 2.70. The van der Waals surface area contributed by atoms with E-state index in [9.17, 15) is 0 Å². The lowest BCUT2D eigenvalue weighted by Gasteiger charge is -2.19. The Morgan fingerprint density at radius 1 is 1.35 bits per heavy atom. The zero-order valence-corrected chi connectivity index (χ0v) is 10.7. The lowest BCUT2D eigenvalue weighted by Crippen LogP contribution is -2.11. The second-order valence-corrected chi connectivity index (χ2v) is 4.93. The van der Waals surface area contributed by atoms with Gasteiger partial charge in [0.1, 0.15) is 5.75 Å². The van der Waals surface area contributed by atoms with E-state index in [0.717, 1.165) is 12.2 Å². The van der Waals surface area contributed by atoms with Crippen LogP contribution in [0.15, 0.2) is 29.4 Å². The molecule has 0 N–H and O–H groups in total. The molecule has 0 heterocycles. The molecule has 0 amide bonds. The summed E-state index contributed by atoms with van der Waals surface area (Å²) in [5, 5.41) is 3.46. The highest BCUT2D eigenvalue weighted by Gasteiger charge is 2.13. The highest BCUT2D eigenvalue weighted by molar-refractivity contribution is 5.32. The van der Waals surface area contributed by atoms with E-state index in [1.807, 2.05) is 12.1 Å². The van der Waals surface area contributed by atoms with Crippen LogP contribution in [0.3, 0.4) is 0 Å². The minimum atomic E-state index is 0.129. The highest BCUT2D eigenvalue weighted by Crippen LogP contribution is 2.25. The van der Waals surface area contributed by atoms with E-state index in [1.54, 1.807) is 0 Å². The molecular weight excluding hydrogens is 214 g/mol. The van der Waals surface area contributed by atoms with Crippen molar-refractivity contribution in [1.82, 2.24) is 0 Å². The fourth-order valence-corrected chi connectivity index (χ4v) is 1.42. The molecule has 0 aliphatic rings. The maximum atomic E-state index is 8.13. The van der Waals surface area contributed by atoms with Gasteiger partial charge in [0.15, 0.2) is 0 Å². The summed E-state index contributed by atoms with van der Waals surface area (Å²) < 4.78 is 5.61. The quantitative estimate of drug-likeness (QED) is 0.327. The number of azide groups is 1. The number of hydrogen-bond acceptors (Lipinski definition) is 2. The van der Waals surface area contributed by atoms with Crippen LogP contribution in [0.1, 0.15) is 32.8 Å². The van der Waals surface area contributed by atoms with Gasteiger partial charge in [-0.25, -0.2) is 0 Å². The van der Waals surface area contributed by atoms with E-state index in [2.05, 4.69) is 42.9 Å². The fraction of sp³-hybridized carbons (Fsp3) is 0.538. The van der Waals surface area contributed by atoms with Gasteiger partial charge in [0, 0.05) is 11.5 Å². The standard InChI is InChI=1S/C13H19N3O/c1-13(2,3)11-6-4-7-12(10-11)17-9-5-8-15-16-14/h4,6-7,10H,5,8-9H2,1-3H3. The zero-order chi connectivity index (χ0) is 12.7. The van der Waals surface area contributed by atoms with Crippen LogP contribution in [-0.4, -0.2) is 13.2 Å². The number of nitrogens with zero attached hydrogens (tertiary/aromatic N) is 3. The third-order valence-electron chi connectivity index (χ3n) is 2.43. The van der Waals surface area contributed by atoms with E-state index >= 15 is 0 Å². The van der Waals surface area contributed by atoms with Gasteiger partial charge in [0.05, 0.1) is 6.61 Å². The number of hydrogen-bond donors (Lipinski definition) is 0. The van der Waals surface area contributed by atoms with Gasteiger partial charge in [-0.05, 0) is 35.1 Å². The van der Waals surface area contributed by atoms with E-state index in [1.165, 1.54) is 5.56 Å². The fourth-order valence-electron chi connectivity index (χ4n) is 1.42. The molecule has 0 aliphatic carbocycles. The Morgan fingerprint density at radius 2 is 2.12 bits per heavy atom. The molecule has 0 atom stereocenters. The van der Waals surface area contributed by atoms with Crippen LogP contribution in [0.25, 0.3) is 10.4 Å². The summed E-state index contributed by atoms with van der Waals surface area (Å²) in [6.07, 6.45) is 0.740. The normalized spacial score (nSPS) is 10.8. The first-order valence-corrected chi connectivity index (χ1v) is 5.78. The van der Waals surface area contributed by atoms with Crippen molar-refractivity contribution in [3.63, 3.8) is 0 Å². The molecule has 17 heavy (non-hydrogen) atoms. The zero-order valence-electron chi connectivity index (χ0n) is 10.7. The Balaban J connectivity index is 2.52. The van der Waals surface area contributed by atoms with Gasteiger partial charge in [0.2, 0.25) is 0 Å². The van der Waals surface area contributed by atoms with Crippen LogP contribution in [0.2, 0.25) is 0 Å². The second kappa shape index (κ2) is 6.16. The molecule has 0 aliphatic heterocycles. The molecule has 0 fully saturated rings. The smallest absolute Gasteiger partial charge is 0.119 e. The van der Waals surface area contributed by atoms with Crippen molar-refractivity contribution in [3.05, 3.63) is 40.3 Å². The molecule has 0 radical (unpaired) electrons. The number of benzene rings is 1. The predicted octanol–water partition coefficient (Wildman–Crippen LogP) is 4.06. The Kier molecular flexibility index (Phi) is 4.85. The summed E-state index contributed by atoms with van der Waals surface area (Å²) in [6.45, 7) is 7.58. The Hall–Kier alpha value is -1.67. The second-order valence-electron chi connectivity index (χ2n) is 4.93. The van der Waals surface area contributed by atoms with E-state index in [0.29, 0.717) is 13.2 Å². The lowest BCUT2D eigenvalue weighted by molar-refractivity contribution is 0.312. The van der Waals surface area contributed by atoms with Crippen LogP contribution < -0.4 is 4.74 Å². The Bertz CT molecular complexity index is 403. The molecule has 0 bridgehead atoms. The minimum absolute atomic E-state index is 0.129. The van der Waals surface area contributed by atoms with Gasteiger partial charge in [-0.15, -0.1) is 0 Å². The maximum Gasteiger partial charge on any atom is 0.119 e. The topological polar surface area (TPSA) is 58.0 Å². The van der Waals surface area contributed by atoms with Crippen molar-refractivity contribution in [2.24, 2.45) is 5.11 Å². The third-order valence-corrected chi connectivity index (χ3v) is 2.43. The molecular formula is C13H19N3O. The number of ether oxygens (including phenoxy) is 1. The van der Waals surface area contributed by atoms with Crippen molar-refractivity contribution in [3.8, 4) is 5.75 Å². The van der Waals surface area contributed by atoms with Crippen LogP contribution in [0, 0.1) is 0 Å². The van der Waals surface area contributed by atoms with E-state index in [4.69, 9.17) is 10.3 Å². The molecule has 92 valence electrons.